The monoisotopic (exact) mass is 403 g/mol. The molecule has 0 bridgehead atoms. The number of halogens is 3. The van der Waals surface area contributed by atoms with Gasteiger partial charge in [-0.2, -0.15) is 5.10 Å². The molecule has 2 rings (SSSR count). The predicted molar refractivity (Wildman–Crippen MR) is 85.2 cm³/mol. The molecule has 1 unspecified atom stereocenters. The maximum atomic E-state index is 13.7. The molecule has 20 heavy (non-hydrogen) atoms. The molecule has 6 heteroatoms. The van der Waals surface area contributed by atoms with E-state index in [1.807, 2.05) is 31.8 Å². The van der Waals surface area contributed by atoms with Crippen LogP contribution in [0.1, 0.15) is 23.0 Å². The van der Waals surface area contributed by atoms with Crippen molar-refractivity contribution in [3.05, 3.63) is 49.9 Å². The van der Waals surface area contributed by atoms with Gasteiger partial charge in [0.05, 0.1) is 20.3 Å². The summed E-state index contributed by atoms with van der Waals surface area (Å²) in [5, 5.41) is 7.63. The summed E-state index contributed by atoms with van der Waals surface area (Å²) in [6, 6.07) is 5.10. The number of nitrogens with one attached hydrogen (secondary N) is 1. The second-order valence-electron chi connectivity index (χ2n) is 4.66. The van der Waals surface area contributed by atoms with Gasteiger partial charge in [-0.05, 0) is 57.5 Å². The average Bonchev–Trinajstić information content (AvgIpc) is 2.65. The first-order valence-corrected chi connectivity index (χ1v) is 7.83. The lowest BCUT2D eigenvalue weighted by molar-refractivity contribution is 0.548. The summed E-state index contributed by atoms with van der Waals surface area (Å²) >= 11 is 6.90. The second-order valence-corrected chi connectivity index (χ2v) is 6.24. The van der Waals surface area contributed by atoms with Crippen LogP contribution in [0.25, 0.3) is 0 Å². The van der Waals surface area contributed by atoms with Gasteiger partial charge in [-0.15, -0.1) is 0 Å². The second kappa shape index (κ2) is 6.37. The van der Waals surface area contributed by atoms with Crippen molar-refractivity contribution in [2.75, 3.05) is 7.05 Å². The largest absolute Gasteiger partial charge is 0.313 e. The normalized spacial score (nSPS) is 12.7. The predicted octanol–water partition coefficient (Wildman–Crippen LogP) is 3.90. The van der Waals surface area contributed by atoms with Gasteiger partial charge in [0.2, 0.25) is 0 Å². The Balaban J connectivity index is 2.36. The number of aryl methyl sites for hydroxylation is 2. The molecule has 0 amide bonds. The van der Waals surface area contributed by atoms with E-state index in [0.29, 0.717) is 4.47 Å². The summed E-state index contributed by atoms with van der Waals surface area (Å²) in [6.07, 6.45) is 0.719. The van der Waals surface area contributed by atoms with Crippen molar-refractivity contribution in [1.82, 2.24) is 15.1 Å². The zero-order valence-corrected chi connectivity index (χ0v) is 14.7. The molecule has 0 spiro atoms. The van der Waals surface area contributed by atoms with Crippen LogP contribution < -0.4 is 5.32 Å². The first kappa shape index (κ1) is 15.7. The van der Waals surface area contributed by atoms with Crippen molar-refractivity contribution < 1.29 is 4.39 Å². The summed E-state index contributed by atoms with van der Waals surface area (Å²) in [7, 11) is 3.79. The topological polar surface area (TPSA) is 29.9 Å². The van der Waals surface area contributed by atoms with Crippen molar-refractivity contribution in [3.63, 3.8) is 0 Å². The van der Waals surface area contributed by atoms with E-state index in [1.165, 1.54) is 6.07 Å². The summed E-state index contributed by atoms with van der Waals surface area (Å²) in [4.78, 5) is 0. The molecule has 108 valence electrons. The molecule has 1 heterocycles. The highest BCUT2D eigenvalue weighted by Gasteiger charge is 2.20. The van der Waals surface area contributed by atoms with Gasteiger partial charge in [0.25, 0.3) is 0 Å². The maximum absolute atomic E-state index is 13.7. The van der Waals surface area contributed by atoms with E-state index >= 15 is 0 Å². The highest BCUT2D eigenvalue weighted by atomic mass is 79.9. The molecule has 0 aliphatic heterocycles. The molecular formula is C14H16Br2FN3. The van der Waals surface area contributed by atoms with Crippen molar-refractivity contribution in [2.45, 2.75) is 19.4 Å². The van der Waals surface area contributed by atoms with Crippen LogP contribution in [0.5, 0.6) is 0 Å². The van der Waals surface area contributed by atoms with E-state index in [4.69, 9.17) is 0 Å². The Labute approximate surface area is 134 Å². The van der Waals surface area contributed by atoms with Crippen LogP contribution in [0, 0.1) is 12.7 Å². The SMILES string of the molecule is CNC(Cc1c(Br)c(C)nn1C)c1cccc(F)c1Br. The fourth-order valence-corrected chi connectivity index (χ4v) is 3.29. The van der Waals surface area contributed by atoms with Crippen molar-refractivity contribution >= 4 is 31.9 Å². The van der Waals surface area contributed by atoms with E-state index in [2.05, 4.69) is 42.3 Å². The van der Waals surface area contributed by atoms with Gasteiger partial charge in [-0.1, -0.05) is 12.1 Å². The summed E-state index contributed by atoms with van der Waals surface area (Å²) < 4.78 is 17.0. The third-order valence-corrected chi connectivity index (χ3v) is 5.23. The lowest BCUT2D eigenvalue weighted by atomic mass is 10.0. The highest BCUT2D eigenvalue weighted by molar-refractivity contribution is 9.10. The number of nitrogens with zero attached hydrogens (tertiary/aromatic N) is 2. The first-order chi connectivity index (χ1) is 9.45. The molecule has 0 saturated carbocycles. The van der Waals surface area contributed by atoms with Crippen molar-refractivity contribution in [1.29, 1.82) is 0 Å². The zero-order valence-electron chi connectivity index (χ0n) is 11.5. The van der Waals surface area contributed by atoms with E-state index in [-0.39, 0.29) is 11.9 Å². The number of benzene rings is 1. The molecule has 1 N–H and O–H groups in total. The minimum atomic E-state index is -0.247. The Hall–Kier alpha value is -0.720. The van der Waals surface area contributed by atoms with Gasteiger partial charge >= 0.3 is 0 Å². The smallest absolute Gasteiger partial charge is 0.137 e. The summed E-state index contributed by atoms with van der Waals surface area (Å²) in [6.45, 7) is 1.96. The Morgan fingerprint density at radius 3 is 2.60 bits per heavy atom. The Bertz CT molecular complexity index is 625. The molecule has 0 radical (unpaired) electrons. The molecule has 0 fully saturated rings. The van der Waals surface area contributed by atoms with Gasteiger partial charge in [0, 0.05) is 19.5 Å². The molecule has 0 aliphatic carbocycles. The van der Waals surface area contributed by atoms with Crippen LogP contribution in [0.15, 0.2) is 27.1 Å². The molecule has 1 aromatic heterocycles. The van der Waals surface area contributed by atoms with Crippen LogP contribution >= 0.6 is 31.9 Å². The van der Waals surface area contributed by atoms with E-state index in [0.717, 1.165) is 27.8 Å². The van der Waals surface area contributed by atoms with Crippen LogP contribution in [-0.4, -0.2) is 16.8 Å². The first-order valence-electron chi connectivity index (χ1n) is 6.24. The number of aromatic nitrogens is 2. The Morgan fingerprint density at radius 1 is 1.35 bits per heavy atom. The molecule has 3 nitrogen and oxygen atoms in total. The molecular weight excluding hydrogens is 389 g/mol. The van der Waals surface area contributed by atoms with E-state index < -0.39 is 0 Å². The lowest BCUT2D eigenvalue weighted by Gasteiger charge is -2.19. The number of hydrogen-bond acceptors (Lipinski definition) is 2. The van der Waals surface area contributed by atoms with Crippen LogP contribution in [-0.2, 0) is 13.5 Å². The number of hydrogen-bond donors (Lipinski definition) is 1. The summed E-state index contributed by atoms with van der Waals surface area (Å²) in [5.41, 5.74) is 2.94. The third kappa shape index (κ3) is 2.97. The van der Waals surface area contributed by atoms with Gasteiger partial charge in [0.15, 0.2) is 0 Å². The minimum Gasteiger partial charge on any atom is -0.313 e. The van der Waals surface area contributed by atoms with Crippen molar-refractivity contribution in [3.8, 4) is 0 Å². The van der Waals surface area contributed by atoms with Crippen LogP contribution in [0.4, 0.5) is 4.39 Å². The molecule has 1 aromatic carbocycles. The maximum Gasteiger partial charge on any atom is 0.137 e. The average molecular weight is 405 g/mol. The molecule has 0 saturated heterocycles. The minimum absolute atomic E-state index is 0.00572. The van der Waals surface area contributed by atoms with Crippen molar-refractivity contribution in [2.24, 2.45) is 7.05 Å². The quantitative estimate of drug-likeness (QED) is 0.837. The fourth-order valence-electron chi connectivity index (χ4n) is 2.25. The van der Waals surface area contributed by atoms with E-state index in [1.54, 1.807) is 6.07 Å². The lowest BCUT2D eigenvalue weighted by Crippen LogP contribution is -2.21. The van der Waals surface area contributed by atoms with Gasteiger partial charge in [-0.25, -0.2) is 4.39 Å². The number of rotatable bonds is 4. The standard InChI is InChI=1S/C14H16Br2FN3/c1-8-13(15)12(20(3)19-8)7-11(18-2)9-5-4-6-10(17)14(9)16/h4-6,11,18H,7H2,1-3H3. The van der Waals surface area contributed by atoms with Gasteiger partial charge in [-0.3, -0.25) is 4.68 Å². The zero-order chi connectivity index (χ0) is 14.9. The molecule has 2 aromatic rings. The third-order valence-electron chi connectivity index (χ3n) is 3.36. The summed E-state index contributed by atoms with van der Waals surface area (Å²) in [5.74, 6) is -0.247. The van der Waals surface area contributed by atoms with Gasteiger partial charge < -0.3 is 5.32 Å². The highest BCUT2D eigenvalue weighted by Crippen LogP contribution is 2.30. The molecule has 0 aliphatic rings. The van der Waals surface area contributed by atoms with Crippen LogP contribution in [0.3, 0.4) is 0 Å². The van der Waals surface area contributed by atoms with Gasteiger partial charge in [0.1, 0.15) is 5.82 Å². The van der Waals surface area contributed by atoms with Crippen LogP contribution in [0.2, 0.25) is 0 Å². The Kier molecular flexibility index (Phi) is 4.99. The fraction of sp³-hybridized carbons (Fsp3) is 0.357. The molecule has 1 atom stereocenters. The Morgan fingerprint density at radius 2 is 2.05 bits per heavy atom. The van der Waals surface area contributed by atoms with E-state index in [9.17, 15) is 4.39 Å². The number of likely N-dealkylation sites (N-methyl/N-ethyl adjacent to an activating group) is 1.